The third-order valence-electron chi connectivity index (χ3n) is 5.13. The van der Waals surface area contributed by atoms with Crippen molar-refractivity contribution >= 4 is 40.2 Å². The average molecular weight is 472 g/mol. The number of hydrogen-bond acceptors (Lipinski definition) is 6. The van der Waals surface area contributed by atoms with E-state index >= 15 is 0 Å². The Morgan fingerprint density at radius 3 is 2.62 bits per heavy atom. The van der Waals surface area contributed by atoms with Gasteiger partial charge in [0.2, 0.25) is 0 Å². The number of hydrogen-bond donors (Lipinski definition) is 0. The summed E-state index contributed by atoms with van der Waals surface area (Å²) in [6.45, 7) is 0.443. The van der Waals surface area contributed by atoms with Gasteiger partial charge in [0.15, 0.2) is 0 Å². The van der Waals surface area contributed by atoms with E-state index in [1.165, 1.54) is 38.6 Å². The molecular weight excluding hydrogens is 449 g/mol. The molecule has 2 amide bonds. The lowest BCUT2D eigenvalue weighted by molar-refractivity contribution is -0.133. The van der Waals surface area contributed by atoms with E-state index in [1.54, 1.807) is 37.4 Å². The third-order valence-corrected chi connectivity index (χ3v) is 6.96. The Morgan fingerprint density at radius 2 is 1.94 bits per heavy atom. The number of thiophene rings is 2. The molecule has 166 valence electrons. The number of carbonyl (C=O) groups is 2. The van der Waals surface area contributed by atoms with Gasteiger partial charge in [-0.1, -0.05) is 30.3 Å². The van der Waals surface area contributed by atoms with Crippen molar-refractivity contribution in [2.75, 3.05) is 26.8 Å². The van der Waals surface area contributed by atoms with Crippen LogP contribution >= 0.6 is 22.7 Å². The molecule has 6 nitrogen and oxygen atoms in total. The standard InChI is InChI=1S/C23H22FN3O3S2/c1-30-11-10-26(23(29)21-9-5-13-32-21)15-22(28)27-19(20-8-4-12-31-20)14-18(25-27)16-6-2-3-7-17(16)24/h2-9,12-13,19H,10-11,14-15H2,1H3/t19-/m0/s1. The molecule has 0 radical (unpaired) electrons. The Hall–Kier alpha value is -2.88. The minimum absolute atomic E-state index is 0.143. The maximum atomic E-state index is 14.4. The predicted molar refractivity (Wildman–Crippen MR) is 124 cm³/mol. The lowest BCUT2D eigenvalue weighted by atomic mass is 10.0. The number of halogens is 1. The van der Waals surface area contributed by atoms with Gasteiger partial charge in [-0.15, -0.1) is 22.7 Å². The molecule has 0 bridgehead atoms. The number of hydrazone groups is 1. The number of rotatable bonds is 8. The molecule has 1 atom stereocenters. The molecule has 1 aliphatic heterocycles. The van der Waals surface area contributed by atoms with Crippen LogP contribution in [-0.4, -0.2) is 54.2 Å². The fourth-order valence-corrected chi connectivity index (χ4v) is 5.05. The Labute approximate surface area is 193 Å². The number of carbonyl (C=O) groups excluding carboxylic acids is 2. The van der Waals surface area contributed by atoms with Crippen LogP contribution in [0.5, 0.6) is 0 Å². The molecule has 2 aromatic heterocycles. The van der Waals surface area contributed by atoms with Crippen LogP contribution in [0.1, 0.15) is 32.6 Å². The number of ether oxygens (including phenoxy) is 1. The van der Waals surface area contributed by atoms with Crippen LogP contribution in [0.25, 0.3) is 0 Å². The van der Waals surface area contributed by atoms with E-state index in [0.717, 1.165) is 4.88 Å². The van der Waals surface area contributed by atoms with Crippen molar-refractivity contribution in [1.29, 1.82) is 0 Å². The van der Waals surface area contributed by atoms with E-state index in [0.29, 0.717) is 29.2 Å². The Bertz CT molecular complexity index is 1100. The van der Waals surface area contributed by atoms with Crippen molar-refractivity contribution in [3.05, 3.63) is 80.4 Å². The highest BCUT2D eigenvalue weighted by Crippen LogP contribution is 2.35. The van der Waals surface area contributed by atoms with Gasteiger partial charge < -0.3 is 9.64 Å². The molecule has 0 N–H and O–H groups in total. The Morgan fingerprint density at radius 1 is 1.16 bits per heavy atom. The first-order valence-corrected chi connectivity index (χ1v) is 11.8. The van der Waals surface area contributed by atoms with Gasteiger partial charge in [-0.2, -0.15) is 5.10 Å². The maximum Gasteiger partial charge on any atom is 0.264 e. The second kappa shape index (κ2) is 10.2. The maximum absolute atomic E-state index is 14.4. The van der Waals surface area contributed by atoms with Crippen molar-refractivity contribution in [3.63, 3.8) is 0 Å². The molecule has 0 fully saturated rings. The normalized spacial score (nSPS) is 15.6. The molecule has 0 saturated carbocycles. The van der Waals surface area contributed by atoms with Crippen molar-refractivity contribution in [2.24, 2.45) is 5.10 Å². The summed E-state index contributed by atoms with van der Waals surface area (Å²) in [4.78, 5) is 29.3. The zero-order valence-electron chi connectivity index (χ0n) is 17.4. The first-order chi connectivity index (χ1) is 15.6. The van der Waals surface area contributed by atoms with Crippen molar-refractivity contribution in [2.45, 2.75) is 12.5 Å². The predicted octanol–water partition coefficient (Wildman–Crippen LogP) is 4.42. The summed E-state index contributed by atoms with van der Waals surface area (Å²) >= 11 is 2.85. The van der Waals surface area contributed by atoms with Gasteiger partial charge >= 0.3 is 0 Å². The van der Waals surface area contributed by atoms with E-state index in [4.69, 9.17) is 4.74 Å². The van der Waals surface area contributed by atoms with Gasteiger partial charge in [-0.05, 0) is 29.0 Å². The van der Waals surface area contributed by atoms with Crippen LogP contribution in [0.15, 0.2) is 64.4 Å². The van der Waals surface area contributed by atoms with E-state index in [-0.39, 0.29) is 36.8 Å². The van der Waals surface area contributed by atoms with Crippen LogP contribution in [0.2, 0.25) is 0 Å². The van der Waals surface area contributed by atoms with E-state index in [1.807, 2.05) is 22.9 Å². The summed E-state index contributed by atoms with van der Waals surface area (Å²) in [6.07, 6.45) is 0.407. The molecule has 0 saturated heterocycles. The van der Waals surface area contributed by atoms with Gasteiger partial charge in [-0.3, -0.25) is 9.59 Å². The molecule has 32 heavy (non-hydrogen) atoms. The van der Waals surface area contributed by atoms with Gasteiger partial charge in [0.05, 0.1) is 23.2 Å². The first-order valence-electron chi connectivity index (χ1n) is 10.1. The fraction of sp³-hybridized carbons (Fsp3) is 0.261. The smallest absolute Gasteiger partial charge is 0.264 e. The third kappa shape index (κ3) is 4.79. The van der Waals surface area contributed by atoms with Gasteiger partial charge in [0, 0.05) is 30.5 Å². The lowest BCUT2D eigenvalue weighted by Gasteiger charge is -2.26. The minimum Gasteiger partial charge on any atom is -0.383 e. The number of amides is 2. The number of benzene rings is 1. The van der Waals surface area contributed by atoms with Gasteiger partial charge in [-0.25, -0.2) is 9.40 Å². The molecule has 1 aromatic carbocycles. The Balaban J connectivity index is 1.60. The highest BCUT2D eigenvalue weighted by atomic mass is 32.1. The molecule has 9 heteroatoms. The van der Waals surface area contributed by atoms with Gasteiger partial charge in [0.1, 0.15) is 12.4 Å². The SMILES string of the molecule is COCCN(CC(=O)N1N=C(c2ccccc2F)C[C@H]1c1cccs1)C(=O)c1cccs1. The van der Waals surface area contributed by atoms with Crippen LogP contribution in [0.4, 0.5) is 4.39 Å². The Kier molecular flexibility index (Phi) is 7.09. The summed E-state index contributed by atoms with van der Waals surface area (Å²) < 4.78 is 19.5. The first kappa shape index (κ1) is 22.3. The molecule has 3 aromatic rings. The summed E-state index contributed by atoms with van der Waals surface area (Å²) in [5, 5.41) is 9.67. The highest BCUT2D eigenvalue weighted by Gasteiger charge is 2.35. The largest absolute Gasteiger partial charge is 0.383 e. The molecule has 1 aliphatic rings. The van der Waals surface area contributed by atoms with Crippen LogP contribution in [0, 0.1) is 5.82 Å². The van der Waals surface area contributed by atoms with E-state index in [2.05, 4.69) is 5.10 Å². The molecule has 0 spiro atoms. The zero-order chi connectivity index (χ0) is 22.5. The topological polar surface area (TPSA) is 62.2 Å². The minimum atomic E-state index is -0.375. The van der Waals surface area contributed by atoms with Crippen LogP contribution in [0.3, 0.4) is 0 Å². The van der Waals surface area contributed by atoms with Crippen LogP contribution in [-0.2, 0) is 9.53 Å². The summed E-state index contributed by atoms with van der Waals surface area (Å²) in [6, 6.07) is 13.5. The average Bonchev–Trinajstić information content (AvgIpc) is 3.57. The second-order valence-corrected chi connectivity index (χ2v) is 9.12. The molecule has 0 unspecified atom stereocenters. The summed E-state index contributed by atoms with van der Waals surface area (Å²) in [7, 11) is 1.55. The van der Waals surface area contributed by atoms with Crippen LogP contribution < -0.4 is 0 Å². The zero-order valence-corrected chi connectivity index (χ0v) is 19.1. The van der Waals surface area contributed by atoms with E-state index in [9.17, 15) is 14.0 Å². The fourth-order valence-electron chi connectivity index (χ4n) is 3.55. The van der Waals surface area contributed by atoms with E-state index < -0.39 is 0 Å². The van der Waals surface area contributed by atoms with Crippen molar-refractivity contribution in [3.8, 4) is 0 Å². The molecule has 0 aliphatic carbocycles. The number of methoxy groups -OCH3 is 1. The summed E-state index contributed by atoms with van der Waals surface area (Å²) in [5.41, 5.74) is 0.901. The molecular formula is C23H22FN3O3S2. The lowest BCUT2D eigenvalue weighted by Crippen LogP contribution is -2.42. The highest BCUT2D eigenvalue weighted by molar-refractivity contribution is 7.12. The monoisotopic (exact) mass is 471 g/mol. The quantitative estimate of drug-likeness (QED) is 0.489. The van der Waals surface area contributed by atoms with Gasteiger partial charge in [0.25, 0.3) is 11.8 Å². The number of nitrogens with zero attached hydrogens (tertiary/aromatic N) is 3. The second-order valence-electron chi connectivity index (χ2n) is 7.20. The molecule has 3 heterocycles. The van der Waals surface area contributed by atoms with Crippen molar-refractivity contribution < 1.29 is 18.7 Å². The summed E-state index contributed by atoms with van der Waals surface area (Å²) in [5.74, 6) is -0.925. The van der Waals surface area contributed by atoms with Crippen molar-refractivity contribution in [1.82, 2.24) is 9.91 Å². The molecule has 4 rings (SSSR count).